The van der Waals surface area contributed by atoms with Gasteiger partial charge in [0.15, 0.2) is 0 Å². The van der Waals surface area contributed by atoms with Crippen LogP contribution in [-0.2, 0) is 11.2 Å². The summed E-state index contributed by atoms with van der Waals surface area (Å²) in [6.07, 6.45) is 3.92. The molecule has 1 atom stereocenters. The molecular weight excluding hydrogens is 398 g/mol. The first-order chi connectivity index (χ1) is 15.7. The average molecular weight is 426 g/mol. The number of amides is 2. The topological polar surface area (TPSA) is 53.5 Å². The van der Waals surface area contributed by atoms with Gasteiger partial charge in [-0.3, -0.25) is 14.6 Å². The van der Waals surface area contributed by atoms with Crippen molar-refractivity contribution in [3.8, 4) is 11.1 Å². The Morgan fingerprint density at radius 2 is 1.75 bits per heavy atom. The SMILES string of the molecule is C=CCN1CCN(C(=O)c2ccccn2)C[C@@H](Cc2ccccc2-c2ccccc2)C1=O. The molecule has 3 aromatic rings. The van der Waals surface area contributed by atoms with E-state index in [4.69, 9.17) is 0 Å². The Bertz CT molecular complexity index is 1080. The molecule has 32 heavy (non-hydrogen) atoms. The molecule has 0 N–H and O–H groups in total. The first kappa shape index (κ1) is 21.5. The molecule has 0 spiro atoms. The van der Waals surface area contributed by atoms with Gasteiger partial charge in [0.2, 0.25) is 5.91 Å². The first-order valence-electron chi connectivity index (χ1n) is 10.9. The van der Waals surface area contributed by atoms with Crippen LogP contribution in [0.3, 0.4) is 0 Å². The molecule has 162 valence electrons. The largest absolute Gasteiger partial charge is 0.337 e. The summed E-state index contributed by atoms with van der Waals surface area (Å²) in [6.45, 7) is 5.60. The number of hydrogen-bond donors (Lipinski definition) is 0. The van der Waals surface area contributed by atoms with Gasteiger partial charge in [-0.2, -0.15) is 0 Å². The van der Waals surface area contributed by atoms with Crippen molar-refractivity contribution in [1.29, 1.82) is 0 Å². The Hall–Kier alpha value is -3.73. The first-order valence-corrected chi connectivity index (χ1v) is 10.9. The minimum Gasteiger partial charge on any atom is -0.337 e. The number of rotatable bonds is 6. The third kappa shape index (κ3) is 4.78. The fourth-order valence-electron chi connectivity index (χ4n) is 4.23. The van der Waals surface area contributed by atoms with Crippen molar-refractivity contribution in [2.24, 2.45) is 5.92 Å². The van der Waals surface area contributed by atoms with Gasteiger partial charge in [-0.25, -0.2) is 0 Å². The minimum atomic E-state index is -0.338. The van der Waals surface area contributed by atoms with Gasteiger partial charge in [0.1, 0.15) is 5.69 Å². The van der Waals surface area contributed by atoms with Crippen molar-refractivity contribution < 1.29 is 9.59 Å². The van der Waals surface area contributed by atoms with E-state index < -0.39 is 0 Å². The second-order valence-electron chi connectivity index (χ2n) is 7.96. The van der Waals surface area contributed by atoms with Crippen LogP contribution >= 0.6 is 0 Å². The van der Waals surface area contributed by atoms with Crippen LogP contribution < -0.4 is 0 Å². The average Bonchev–Trinajstić information content (AvgIpc) is 3.00. The molecule has 0 saturated carbocycles. The third-order valence-electron chi connectivity index (χ3n) is 5.83. The molecule has 1 fully saturated rings. The van der Waals surface area contributed by atoms with E-state index in [0.29, 0.717) is 38.3 Å². The van der Waals surface area contributed by atoms with E-state index in [1.54, 1.807) is 40.3 Å². The third-order valence-corrected chi connectivity index (χ3v) is 5.83. The maximum atomic E-state index is 13.4. The van der Waals surface area contributed by atoms with Crippen LogP contribution in [0.5, 0.6) is 0 Å². The fourth-order valence-corrected chi connectivity index (χ4v) is 4.23. The lowest BCUT2D eigenvalue weighted by Gasteiger charge is -2.24. The van der Waals surface area contributed by atoms with Gasteiger partial charge in [-0.1, -0.05) is 66.7 Å². The Morgan fingerprint density at radius 1 is 1.00 bits per heavy atom. The van der Waals surface area contributed by atoms with Crippen LogP contribution in [0.4, 0.5) is 0 Å². The molecule has 2 aromatic carbocycles. The highest BCUT2D eigenvalue weighted by atomic mass is 16.2. The molecule has 5 nitrogen and oxygen atoms in total. The van der Waals surface area contributed by atoms with E-state index in [9.17, 15) is 9.59 Å². The Kier molecular flexibility index (Phi) is 6.75. The second-order valence-corrected chi connectivity index (χ2v) is 7.96. The number of benzene rings is 2. The van der Waals surface area contributed by atoms with Crippen LogP contribution in [-0.4, -0.2) is 52.8 Å². The molecule has 2 heterocycles. The molecular formula is C27H27N3O2. The molecule has 1 saturated heterocycles. The van der Waals surface area contributed by atoms with Gasteiger partial charge in [0.05, 0.1) is 5.92 Å². The number of carbonyl (C=O) groups excluding carboxylic acids is 2. The van der Waals surface area contributed by atoms with Gasteiger partial charge in [-0.15, -0.1) is 6.58 Å². The predicted molar refractivity (Wildman–Crippen MR) is 126 cm³/mol. The van der Waals surface area contributed by atoms with Crippen LogP contribution in [0.1, 0.15) is 16.1 Å². The summed E-state index contributed by atoms with van der Waals surface area (Å²) in [5.41, 5.74) is 3.74. The summed E-state index contributed by atoms with van der Waals surface area (Å²) in [5, 5.41) is 0. The summed E-state index contributed by atoms with van der Waals surface area (Å²) in [7, 11) is 0. The van der Waals surface area contributed by atoms with Crippen molar-refractivity contribution in [3.05, 3.63) is 103 Å². The number of pyridine rings is 1. The second kappa shape index (κ2) is 10.1. The highest BCUT2D eigenvalue weighted by molar-refractivity contribution is 5.93. The lowest BCUT2D eigenvalue weighted by molar-refractivity contribution is -0.134. The van der Waals surface area contributed by atoms with Crippen molar-refractivity contribution in [3.63, 3.8) is 0 Å². The van der Waals surface area contributed by atoms with E-state index in [1.807, 2.05) is 30.3 Å². The maximum Gasteiger partial charge on any atom is 0.272 e. The Labute approximate surface area is 189 Å². The van der Waals surface area contributed by atoms with Crippen molar-refractivity contribution >= 4 is 11.8 Å². The standard InChI is InChI=1S/C27H27N3O2/c1-2-16-29-17-18-30(27(32)25-14-8-9-15-28-25)20-23(26(29)31)19-22-12-6-7-13-24(22)21-10-4-3-5-11-21/h2-15,23H,1,16-20H2/t23-/m1/s1. The lowest BCUT2D eigenvalue weighted by atomic mass is 9.91. The van der Waals surface area contributed by atoms with E-state index in [0.717, 1.165) is 16.7 Å². The number of carbonyl (C=O) groups is 2. The van der Waals surface area contributed by atoms with Crippen molar-refractivity contribution in [2.45, 2.75) is 6.42 Å². The molecule has 0 bridgehead atoms. The normalized spacial score (nSPS) is 16.5. The molecule has 1 aliphatic rings. The van der Waals surface area contributed by atoms with Gasteiger partial charge >= 0.3 is 0 Å². The fraction of sp³-hybridized carbons (Fsp3) is 0.222. The molecule has 0 unspecified atom stereocenters. The number of aromatic nitrogens is 1. The Balaban J connectivity index is 1.64. The zero-order valence-electron chi connectivity index (χ0n) is 18.1. The summed E-state index contributed by atoms with van der Waals surface area (Å²) >= 11 is 0. The van der Waals surface area contributed by atoms with E-state index in [-0.39, 0.29) is 17.7 Å². The smallest absolute Gasteiger partial charge is 0.272 e. The van der Waals surface area contributed by atoms with E-state index in [1.165, 1.54) is 0 Å². The summed E-state index contributed by atoms with van der Waals surface area (Å²) in [5.74, 6) is -0.417. The molecule has 1 aliphatic heterocycles. The van der Waals surface area contributed by atoms with Gasteiger partial charge < -0.3 is 9.80 Å². The van der Waals surface area contributed by atoms with Crippen LogP contribution in [0.25, 0.3) is 11.1 Å². The maximum absolute atomic E-state index is 13.4. The highest BCUT2D eigenvalue weighted by Crippen LogP contribution is 2.27. The van der Waals surface area contributed by atoms with Crippen LogP contribution in [0.15, 0.2) is 91.6 Å². The molecule has 4 rings (SSSR count). The van der Waals surface area contributed by atoms with Crippen molar-refractivity contribution in [2.75, 3.05) is 26.2 Å². The zero-order valence-corrected chi connectivity index (χ0v) is 18.1. The van der Waals surface area contributed by atoms with E-state index in [2.05, 4.69) is 35.8 Å². The zero-order chi connectivity index (χ0) is 22.3. The quantitative estimate of drug-likeness (QED) is 0.559. The lowest BCUT2D eigenvalue weighted by Crippen LogP contribution is -2.38. The molecule has 2 amide bonds. The summed E-state index contributed by atoms with van der Waals surface area (Å²) in [4.78, 5) is 34.3. The summed E-state index contributed by atoms with van der Waals surface area (Å²) < 4.78 is 0. The minimum absolute atomic E-state index is 0.0593. The monoisotopic (exact) mass is 425 g/mol. The molecule has 1 aromatic heterocycles. The van der Waals surface area contributed by atoms with Gasteiger partial charge in [0, 0.05) is 32.4 Å². The molecule has 5 heteroatoms. The number of nitrogens with zero attached hydrogens (tertiary/aromatic N) is 3. The van der Waals surface area contributed by atoms with Crippen molar-refractivity contribution in [1.82, 2.24) is 14.8 Å². The van der Waals surface area contributed by atoms with Crippen LogP contribution in [0.2, 0.25) is 0 Å². The number of hydrogen-bond acceptors (Lipinski definition) is 3. The van der Waals surface area contributed by atoms with E-state index >= 15 is 0 Å². The highest BCUT2D eigenvalue weighted by Gasteiger charge is 2.33. The predicted octanol–water partition coefficient (Wildman–Crippen LogP) is 4.08. The molecule has 0 aliphatic carbocycles. The molecule has 0 radical (unpaired) electrons. The summed E-state index contributed by atoms with van der Waals surface area (Å²) in [6, 6.07) is 23.7. The Morgan fingerprint density at radius 3 is 2.50 bits per heavy atom. The van der Waals surface area contributed by atoms with Gasteiger partial charge in [-0.05, 0) is 35.2 Å². The van der Waals surface area contributed by atoms with Crippen LogP contribution in [0, 0.1) is 5.92 Å². The van der Waals surface area contributed by atoms with Gasteiger partial charge in [0.25, 0.3) is 5.91 Å².